The van der Waals surface area contributed by atoms with Crippen LogP contribution in [0, 0.1) is 5.82 Å². The third-order valence-corrected chi connectivity index (χ3v) is 4.92. The standard InChI is InChI=1S/C15H9ClF4S/c16-12-6-8-5-9(15(18,19)20)1-3-13(8)21-14-4-2-10(17)7-11(12)14/h1-5,7,12H,6H2. The van der Waals surface area contributed by atoms with E-state index in [1.165, 1.54) is 30.0 Å². The fourth-order valence-corrected chi connectivity index (χ4v) is 3.81. The van der Waals surface area contributed by atoms with Crippen LogP contribution in [-0.2, 0) is 12.6 Å². The van der Waals surface area contributed by atoms with Gasteiger partial charge in [0.1, 0.15) is 5.82 Å². The van der Waals surface area contributed by atoms with Gasteiger partial charge >= 0.3 is 6.18 Å². The van der Waals surface area contributed by atoms with Crippen LogP contribution in [-0.4, -0.2) is 0 Å². The topological polar surface area (TPSA) is 0 Å². The Bertz CT molecular complexity index is 697. The molecule has 1 atom stereocenters. The molecule has 6 heteroatoms. The van der Waals surface area contributed by atoms with Gasteiger partial charge in [0, 0.05) is 9.79 Å². The number of alkyl halides is 4. The molecule has 2 aromatic carbocycles. The van der Waals surface area contributed by atoms with Crippen molar-refractivity contribution >= 4 is 23.4 Å². The SMILES string of the molecule is Fc1ccc2c(c1)C(Cl)Cc1cc(C(F)(F)F)ccc1S2. The van der Waals surface area contributed by atoms with Crippen molar-refractivity contribution in [1.82, 2.24) is 0 Å². The molecule has 0 saturated carbocycles. The number of hydrogen-bond donors (Lipinski definition) is 0. The van der Waals surface area contributed by atoms with Crippen molar-refractivity contribution in [3.63, 3.8) is 0 Å². The largest absolute Gasteiger partial charge is 0.416 e. The minimum atomic E-state index is -4.38. The van der Waals surface area contributed by atoms with Gasteiger partial charge in [0.05, 0.1) is 10.9 Å². The predicted molar refractivity (Wildman–Crippen MR) is 74.3 cm³/mol. The van der Waals surface area contributed by atoms with Crippen molar-refractivity contribution in [1.29, 1.82) is 0 Å². The second-order valence-corrected chi connectivity index (χ2v) is 6.39. The maximum atomic E-state index is 13.3. The van der Waals surface area contributed by atoms with Gasteiger partial charge in [-0.3, -0.25) is 0 Å². The van der Waals surface area contributed by atoms with E-state index in [-0.39, 0.29) is 6.42 Å². The summed E-state index contributed by atoms with van der Waals surface area (Å²) in [5, 5.41) is -0.548. The molecule has 0 radical (unpaired) electrons. The molecule has 0 amide bonds. The average molecular weight is 333 g/mol. The van der Waals surface area contributed by atoms with E-state index in [0.29, 0.717) is 11.1 Å². The van der Waals surface area contributed by atoms with Crippen LogP contribution < -0.4 is 0 Å². The maximum Gasteiger partial charge on any atom is 0.416 e. The molecule has 2 aromatic rings. The van der Waals surface area contributed by atoms with Crippen LogP contribution in [0.3, 0.4) is 0 Å². The van der Waals surface area contributed by atoms with Crippen LogP contribution >= 0.6 is 23.4 Å². The highest BCUT2D eigenvalue weighted by Crippen LogP contribution is 2.44. The van der Waals surface area contributed by atoms with Gasteiger partial charge in [-0.1, -0.05) is 11.8 Å². The summed E-state index contributed by atoms with van der Waals surface area (Å²) in [6.45, 7) is 0. The van der Waals surface area contributed by atoms with Crippen LogP contribution in [0.5, 0.6) is 0 Å². The summed E-state index contributed by atoms with van der Waals surface area (Å²) in [7, 11) is 0. The highest BCUT2D eigenvalue weighted by Gasteiger charge is 2.32. The van der Waals surface area contributed by atoms with E-state index in [4.69, 9.17) is 11.6 Å². The molecule has 0 N–H and O–H groups in total. The first-order chi connectivity index (χ1) is 9.84. The van der Waals surface area contributed by atoms with E-state index in [1.807, 2.05) is 0 Å². The molecular weight excluding hydrogens is 324 g/mol. The molecule has 1 heterocycles. The lowest BCUT2D eigenvalue weighted by atomic mass is 10.0. The molecule has 110 valence electrons. The molecule has 0 nitrogen and oxygen atoms in total. The summed E-state index contributed by atoms with van der Waals surface area (Å²) in [6, 6.07) is 7.91. The van der Waals surface area contributed by atoms with Crippen LogP contribution in [0.2, 0.25) is 0 Å². The van der Waals surface area contributed by atoms with E-state index in [1.54, 1.807) is 6.07 Å². The first kappa shape index (κ1) is 14.7. The number of rotatable bonds is 0. The Morgan fingerprint density at radius 3 is 2.48 bits per heavy atom. The Kier molecular flexibility index (Phi) is 3.66. The first-order valence-corrected chi connectivity index (χ1v) is 7.41. The highest BCUT2D eigenvalue weighted by atomic mass is 35.5. The van der Waals surface area contributed by atoms with Crippen molar-refractivity contribution < 1.29 is 17.6 Å². The normalized spacial score (nSPS) is 17.9. The Morgan fingerprint density at radius 2 is 1.76 bits per heavy atom. The van der Waals surface area contributed by atoms with E-state index in [9.17, 15) is 17.6 Å². The van der Waals surface area contributed by atoms with Crippen molar-refractivity contribution in [2.75, 3.05) is 0 Å². The van der Waals surface area contributed by atoms with Gasteiger partial charge in [-0.25, -0.2) is 4.39 Å². The van der Waals surface area contributed by atoms with Crippen molar-refractivity contribution in [2.45, 2.75) is 27.8 Å². The zero-order valence-corrected chi connectivity index (χ0v) is 12.1. The molecular formula is C15H9ClF4S. The fraction of sp³-hybridized carbons (Fsp3) is 0.200. The molecule has 0 aliphatic carbocycles. The molecule has 3 rings (SSSR count). The molecule has 21 heavy (non-hydrogen) atoms. The van der Waals surface area contributed by atoms with Crippen LogP contribution in [0.1, 0.15) is 22.1 Å². The predicted octanol–water partition coefficient (Wildman–Crippen LogP) is 5.83. The number of hydrogen-bond acceptors (Lipinski definition) is 1. The van der Waals surface area contributed by atoms with Gasteiger partial charge in [-0.2, -0.15) is 13.2 Å². The summed E-state index contributed by atoms with van der Waals surface area (Å²) in [5.41, 5.74) is 0.459. The number of benzene rings is 2. The zero-order chi connectivity index (χ0) is 15.2. The summed E-state index contributed by atoms with van der Waals surface area (Å²) < 4.78 is 51.7. The smallest absolute Gasteiger partial charge is 0.207 e. The second kappa shape index (κ2) is 5.21. The summed E-state index contributed by atoms with van der Waals surface area (Å²) in [4.78, 5) is 1.49. The monoisotopic (exact) mass is 332 g/mol. The molecule has 0 spiro atoms. The van der Waals surface area contributed by atoms with Crippen LogP contribution in [0.4, 0.5) is 17.6 Å². The molecule has 0 bridgehead atoms. The van der Waals surface area contributed by atoms with E-state index >= 15 is 0 Å². The maximum absolute atomic E-state index is 13.3. The molecule has 0 aromatic heterocycles. The van der Waals surface area contributed by atoms with E-state index in [0.717, 1.165) is 21.9 Å². The Hall–Kier alpha value is -1.20. The minimum absolute atomic E-state index is 0.240. The summed E-state index contributed by atoms with van der Waals surface area (Å²) in [5.74, 6) is -0.401. The molecule has 1 aliphatic heterocycles. The van der Waals surface area contributed by atoms with Crippen molar-refractivity contribution in [2.24, 2.45) is 0 Å². The van der Waals surface area contributed by atoms with E-state index < -0.39 is 22.9 Å². The second-order valence-electron chi connectivity index (χ2n) is 4.78. The van der Waals surface area contributed by atoms with Crippen molar-refractivity contribution in [3.05, 3.63) is 58.9 Å². The highest BCUT2D eigenvalue weighted by molar-refractivity contribution is 7.99. The quantitative estimate of drug-likeness (QED) is 0.432. The molecule has 1 aliphatic rings. The van der Waals surface area contributed by atoms with Crippen LogP contribution in [0.25, 0.3) is 0 Å². The lowest BCUT2D eigenvalue weighted by Crippen LogP contribution is -2.06. The van der Waals surface area contributed by atoms with Crippen LogP contribution in [0.15, 0.2) is 46.2 Å². The lowest BCUT2D eigenvalue weighted by Gasteiger charge is -2.12. The third-order valence-electron chi connectivity index (χ3n) is 3.32. The molecule has 0 saturated heterocycles. The van der Waals surface area contributed by atoms with Gasteiger partial charge in [-0.15, -0.1) is 11.6 Å². The molecule has 0 fully saturated rings. The van der Waals surface area contributed by atoms with Gasteiger partial charge in [0.15, 0.2) is 0 Å². The van der Waals surface area contributed by atoms with Gasteiger partial charge < -0.3 is 0 Å². The third kappa shape index (κ3) is 2.90. The average Bonchev–Trinajstić information content (AvgIpc) is 2.53. The Morgan fingerprint density at radius 1 is 1.05 bits per heavy atom. The zero-order valence-electron chi connectivity index (χ0n) is 10.5. The van der Waals surface area contributed by atoms with Gasteiger partial charge in [0.25, 0.3) is 0 Å². The molecule has 1 unspecified atom stereocenters. The van der Waals surface area contributed by atoms with E-state index in [2.05, 4.69) is 0 Å². The fourth-order valence-electron chi connectivity index (χ4n) is 2.29. The lowest BCUT2D eigenvalue weighted by molar-refractivity contribution is -0.137. The summed E-state index contributed by atoms with van der Waals surface area (Å²) in [6.07, 6.45) is -4.14. The minimum Gasteiger partial charge on any atom is -0.207 e. The van der Waals surface area contributed by atoms with Gasteiger partial charge in [-0.05, 0) is 53.9 Å². The number of halogens is 5. The first-order valence-electron chi connectivity index (χ1n) is 6.16. The van der Waals surface area contributed by atoms with Crippen molar-refractivity contribution in [3.8, 4) is 0 Å². The van der Waals surface area contributed by atoms with Gasteiger partial charge in [0.2, 0.25) is 0 Å². The number of fused-ring (bicyclic) bond motifs is 2. The summed E-state index contributed by atoms with van der Waals surface area (Å²) >= 11 is 7.57. The Labute approximate surface area is 128 Å². The Balaban J connectivity index is 2.07.